The van der Waals surface area contributed by atoms with E-state index in [1.807, 2.05) is 54.7 Å². The third-order valence-electron chi connectivity index (χ3n) is 2.83. The van der Waals surface area contributed by atoms with Crippen LogP contribution in [0.25, 0.3) is 16.8 Å². The van der Waals surface area contributed by atoms with E-state index in [9.17, 15) is 5.11 Å². The second-order valence-electron chi connectivity index (χ2n) is 4.02. The Balaban J connectivity index is 2.12. The van der Waals surface area contributed by atoms with Crippen molar-refractivity contribution in [3.05, 3.63) is 67.0 Å². The van der Waals surface area contributed by atoms with Gasteiger partial charge in [0, 0.05) is 12.4 Å². The van der Waals surface area contributed by atoms with Gasteiger partial charge >= 0.3 is 0 Å². The minimum Gasteiger partial charge on any atom is -0.506 e. The molecule has 1 aromatic heterocycles. The van der Waals surface area contributed by atoms with Crippen molar-refractivity contribution in [2.45, 2.75) is 0 Å². The lowest BCUT2D eigenvalue weighted by Crippen LogP contribution is -1.95. The van der Waals surface area contributed by atoms with Crippen molar-refractivity contribution in [3.63, 3.8) is 0 Å². The van der Waals surface area contributed by atoms with Gasteiger partial charge in [0.2, 0.25) is 0 Å². The highest BCUT2D eigenvalue weighted by atomic mass is 16.3. The predicted octanol–water partition coefficient (Wildman–Crippen LogP) is 3.24. The van der Waals surface area contributed by atoms with Gasteiger partial charge in [-0.15, -0.1) is 0 Å². The van der Waals surface area contributed by atoms with Gasteiger partial charge in [0.25, 0.3) is 0 Å². The van der Waals surface area contributed by atoms with Gasteiger partial charge in [-0.25, -0.2) is 4.68 Å². The molecule has 88 valence electrons. The maximum absolute atomic E-state index is 9.89. The van der Waals surface area contributed by atoms with E-state index in [1.54, 1.807) is 16.9 Å². The Hall–Kier alpha value is -2.55. The lowest BCUT2D eigenvalue weighted by atomic mass is 10.0. The monoisotopic (exact) mass is 236 g/mol. The zero-order chi connectivity index (χ0) is 12.4. The molecule has 0 fully saturated rings. The largest absolute Gasteiger partial charge is 0.506 e. The Kier molecular flexibility index (Phi) is 2.57. The van der Waals surface area contributed by atoms with Crippen LogP contribution in [0.5, 0.6) is 5.75 Å². The summed E-state index contributed by atoms with van der Waals surface area (Å²) in [6, 6.07) is 17.4. The SMILES string of the molecule is Oc1ccc(-c2ccccc2)cc1-n1cccn1. The molecule has 0 spiro atoms. The number of phenolic OH excluding ortho intramolecular Hbond substituents is 1. The average molecular weight is 236 g/mol. The van der Waals surface area contributed by atoms with E-state index in [4.69, 9.17) is 0 Å². The molecule has 0 amide bonds. The summed E-state index contributed by atoms with van der Waals surface area (Å²) in [7, 11) is 0. The fraction of sp³-hybridized carbons (Fsp3) is 0. The van der Waals surface area contributed by atoms with Gasteiger partial charge in [-0.1, -0.05) is 36.4 Å². The van der Waals surface area contributed by atoms with Crippen LogP contribution in [0.1, 0.15) is 0 Å². The van der Waals surface area contributed by atoms with Crippen molar-refractivity contribution in [2.75, 3.05) is 0 Å². The predicted molar refractivity (Wildman–Crippen MR) is 70.7 cm³/mol. The van der Waals surface area contributed by atoms with Gasteiger partial charge in [-0.3, -0.25) is 0 Å². The summed E-state index contributed by atoms with van der Waals surface area (Å²) < 4.78 is 1.65. The van der Waals surface area contributed by atoms with Crippen LogP contribution >= 0.6 is 0 Å². The molecule has 0 saturated heterocycles. The van der Waals surface area contributed by atoms with Crippen molar-refractivity contribution in [1.29, 1.82) is 0 Å². The first-order valence-corrected chi connectivity index (χ1v) is 5.73. The Morgan fingerprint density at radius 2 is 1.72 bits per heavy atom. The average Bonchev–Trinajstić information content (AvgIpc) is 2.94. The molecule has 18 heavy (non-hydrogen) atoms. The molecule has 0 radical (unpaired) electrons. The minimum atomic E-state index is 0.221. The van der Waals surface area contributed by atoms with Crippen molar-refractivity contribution in [3.8, 4) is 22.6 Å². The Bertz CT molecular complexity index is 646. The molecule has 3 aromatic rings. The van der Waals surface area contributed by atoms with Crippen molar-refractivity contribution in [1.82, 2.24) is 9.78 Å². The quantitative estimate of drug-likeness (QED) is 0.741. The second kappa shape index (κ2) is 4.37. The number of rotatable bonds is 2. The number of hydrogen-bond acceptors (Lipinski definition) is 2. The standard InChI is InChI=1S/C15H12N2O/c18-15-8-7-13(12-5-2-1-3-6-12)11-14(15)17-10-4-9-16-17/h1-11,18H. The molecular formula is C15H12N2O. The summed E-state index contributed by atoms with van der Waals surface area (Å²) in [5, 5.41) is 14.0. The molecule has 3 nitrogen and oxygen atoms in total. The summed E-state index contributed by atoms with van der Waals surface area (Å²) in [4.78, 5) is 0. The van der Waals surface area contributed by atoms with Crippen molar-refractivity contribution < 1.29 is 5.11 Å². The molecule has 0 aliphatic rings. The van der Waals surface area contributed by atoms with Gasteiger partial charge in [-0.05, 0) is 29.3 Å². The molecule has 0 bridgehead atoms. The van der Waals surface area contributed by atoms with Crippen LogP contribution in [0, 0.1) is 0 Å². The molecule has 0 atom stereocenters. The van der Waals surface area contributed by atoms with Gasteiger partial charge in [0.15, 0.2) is 0 Å². The number of phenols is 1. The van der Waals surface area contributed by atoms with Crippen LogP contribution in [0.4, 0.5) is 0 Å². The highest BCUT2D eigenvalue weighted by Gasteiger charge is 2.06. The summed E-state index contributed by atoms with van der Waals surface area (Å²) >= 11 is 0. The topological polar surface area (TPSA) is 38.0 Å². The molecule has 0 unspecified atom stereocenters. The first-order chi connectivity index (χ1) is 8.84. The van der Waals surface area contributed by atoms with Gasteiger partial charge in [0.1, 0.15) is 11.4 Å². The lowest BCUT2D eigenvalue weighted by Gasteiger charge is -2.08. The van der Waals surface area contributed by atoms with E-state index in [0.717, 1.165) is 11.1 Å². The fourth-order valence-electron chi connectivity index (χ4n) is 1.93. The molecule has 0 saturated carbocycles. The summed E-state index contributed by atoms with van der Waals surface area (Å²) in [5.41, 5.74) is 2.85. The molecule has 3 heteroatoms. The van der Waals surface area contributed by atoms with Crippen LogP contribution in [-0.4, -0.2) is 14.9 Å². The highest BCUT2D eigenvalue weighted by Crippen LogP contribution is 2.27. The molecule has 3 rings (SSSR count). The van der Waals surface area contributed by atoms with Crippen LogP contribution in [0.15, 0.2) is 67.0 Å². The summed E-state index contributed by atoms with van der Waals surface area (Å²) in [6.07, 6.45) is 3.50. The first-order valence-electron chi connectivity index (χ1n) is 5.73. The maximum atomic E-state index is 9.89. The van der Waals surface area contributed by atoms with Crippen LogP contribution in [0.3, 0.4) is 0 Å². The van der Waals surface area contributed by atoms with E-state index in [-0.39, 0.29) is 5.75 Å². The molecule has 0 aliphatic heterocycles. The fourth-order valence-corrected chi connectivity index (χ4v) is 1.93. The smallest absolute Gasteiger partial charge is 0.141 e. The molecule has 0 aliphatic carbocycles. The third-order valence-corrected chi connectivity index (χ3v) is 2.83. The molecule has 1 heterocycles. The third kappa shape index (κ3) is 1.86. The minimum absolute atomic E-state index is 0.221. The number of hydrogen-bond donors (Lipinski definition) is 1. The molecule has 1 N–H and O–H groups in total. The van der Waals surface area contributed by atoms with Crippen LogP contribution < -0.4 is 0 Å². The van der Waals surface area contributed by atoms with Crippen LogP contribution in [0.2, 0.25) is 0 Å². The van der Waals surface area contributed by atoms with Gasteiger partial charge in [0.05, 0.1) is 0 Å². The van der Waals surface area contributed by atoms with E-state index in [2.05, 4.69) is 5.10 Å². The Morgan fingerprint density at radius 3 is 2.44 bits per heavy atom. The number of aromatic nitrogens is 2. The van der Waals surface area contributed by atoms with Gasteiger partial charge in [-0.2, -0.15) is 5.10 Å². The zero-order valence-electron chi connectivity index (χ0n) is 9.69. The van der Waals surface area contributed by atoms with E-state index in [0.29, 0.717) is 5.69 Å². The van der Waals surface area contributed by atoms with E-state index >= 15 is 0 Å². The lowest BCUT2D eigenvalue weighted by molar-refractivity contribution is 0.470. The highest BCUT2D eigenvalue weighted by molar-refractivity contribution is 5.68. The van der Waals surface area contributed by atoms with Gasteiger partial charge < -0.3 is 5.11 Å². The van der Waals surface area contributed by atoms with Crippen molar-refractivity contribution >= 4 is 0 Å². The maximum Gasteiger partial charge on any atom is 0.141 e. The zero-order valence-corrected chi connectivity index (χ0v) is 9.69. The number of benzene rings is 2. The van der Waals surface area contributed by atoms with Crippen LogP contribution in [-0.2, 0) is 0 Å². The Morgan fingerprint density at radius 1 is 0.889 bits per heavy atom. The van der Waals surface area contributed by atoms with E-state index < -0.39 is 0 Å². The molecular weight excluding hydrogens is 224 g/mol. The second-order valence-corrected chi connectivity index (χ2v) is 4.02. The number of nitrogens with zero attached hydrogens (tertiary/aromatic N) is 2. The molecule has 2 aromatic carbocycles. The summed E-state index contributed by atoms with van der Waals surface area (Å²) in [5.74, 6) is 0.221. The Labute approximate surface area is 105 Å². The first kappa shape index (κ1) is 10.6. The normalized spacial score (nSPS) is 10.4. The number of aromatic hydroxyl groups is 1. The van der Waals surface area contributed by atoms with Crippen molar-refractivity contribution in [2.24, 2.45) is 0 Å². The summed E-state index contributed by atoms with van der Waals surface area (Å²) in [6.45, 7) is 0. The van der Waals surface area contributed by atoms with E-state index in [1.165, 1.54) is 0 Å².